The molecular weight excluding hydrogens is 240 g/mol. The van der Waals surface area contributed by atoms with Crippen LogP contribution in [0.25, 0.3) is 0 Å². The van der Waals surface area contributed by atoms with Crippen LogP contribution in [0.15, 0.2) is 0 Å². The van der Waals surface area contributed by atoms with Gasteiger partial charge in [0.25, 0.3) is 0 Å². The van der Waals surface area contributed by atoms with Gasteiger partial charge in [0.2, 0.25) is 0 Å². The third-order valence-corrected chi connectivity index (χ3v) is 4.70. The van der Waals surface area contributed by atoms with Gasteiger partial charge in [-0.05, 0) is 32.1 Å². The molecule has 98 valence electrons. The molecule has 0 aliphatic heterocycles. The molecule has 0 spiro atoms. The molecule has 2 bridgehead atoms. The zero-order valence-corrected chi connectivity index (χ0v) is 11.7. The van der Waals surface area contributed by atoms with E-state index in [0.717, 1.165) is 12.8 Å². The van der Waals surface area contributed by atoms with E-state index in [1.165, 1.54) is 6.42 Å². The van der Waals surface area contributed by atoms with Crippen molar-refractivity contribution in [2.75, 3.05) is 0 Å². The first-order chi connectivity index (χ1) is 7.75. The van der Waals surface area contributed by atoms with Gasteiger partial charge < -0.3 is 9.47 Å². The van der Waals surface area contributed by atoms with E-state index in [9.17, 15) is 4.79 Å². The Morgan fingerprint density at radius 1 is 1.41 bits per heavy atom. The number of ether oxygens (including phenoxy) is 2. The summed E-state index contributed by atoms with van der Waals surface area (Å²) in [7, 11) is 0. The summed E-state index contributed by atoms with van der Waals surface area (Å²) in [6.45, 7) is 8.19. The molecule has 2 rings (SSSR count). The van der Waals surface area contributed by atoms with Crippen LogP contribution < -0.4 is 0 Å². The lowest BCUT2D eigenvalue weighted by Gasteiger charge is -2.41. The minimum atomic E-state index is -0.642. The molecule has 3 nitrogen and oxygen atoms in total. The molecule has 0 amide bonds. The maximum absolute atomic E-state index is 11.6. The van der Waals surface area contributed by atoms with Crippen LogP contribution in [0.1, 0.15) is 47.0 Å². The van der Waals surface area contributed by atoms with Gasteiger partial charge in [-0.15, -0.1) is 0 Å². The maximum atomic E-state index is 11.6. The Hall–Kier alpha value is -0.440. The summed E-state index contributed by atoms with van der Waals surface area (Å²) in [6.07, 6.45) is 2.82. The Balaban J connectivity index is 2.07. The van der Waals surface area contributed by atoms with E-state index in [1.54, 1.807) is 6.92 Å². The van der Waals surface area contributed by atoms with Gasteiger partial charge in [0.15, 0.2) is 5.56 Å². The molecule has 0 saturated heterocycles. The Bertz CT molecular complexity index is 322. The molecule has 2 fully saturated rings. The standard InChI is InChI=1S/C13H21ClO3/c1-8(14)16-11(15)17-10-12(2,3)9-5-6-13(10,4)7-9/h8-10H,5-7H2,1-4H3. The van der Waals surface area contributed by atoms with Crippen LogP contribution in [0.3, 0.4) is 0 Å². The minimum absolute atomic E-state index is 0.0432. The predicted molar refractivity (Wildman–Crippen MR) is 65.9 cm³/mol. The van der Waals surface area contributed by atoms with Crippen LogP contribution in [0.2, 0.25) is 0 Å². The van der Waals surface area contributed by atoms with E-state index in [1.807, 2.05) is 0 Å². The number of hydrogen-bond acceptors (Lipinski definition) is 3. The average Bonchev–Trinajstić information content (AvgIpc) is 2.63. The molecule has 0 N–H and O–H groups in total. The number of fused-ring (bicyclic) bond motifs is 2. The molecule has 4 heteroatoms. The van der Waals surface area contributed by atoms with Gasteiger partial charge in [-0.2, -0.15) is 0 Å². The van der Waals surface area contributed by atoms with Gasteiger partial charge in [0.1, 0.15) is 6.10 Å². The molecule has 4 unspecified atom stereocenters. The summed E-state index contributed by atoms with van der Waals surface area (Å²) in [5, 5.41) is 0. The quantitative estimate of drug-likeness (QED) is 0.557. The summed E-state index contributed by atoms with van der Waals surface area (Å²) in [4.78, 5) is 11.6. The normalized spacial score (nSPS) is 40.1. The first-order valence-corrected chi connectivity index (χ1v) is 6.71. The van der Waals surface area contributed by atoms with Gasteiger partial charge in [-0.1, -0.05) is 32.4 Å². The van der Waals surface area contributed by atoms with Crippen molar-refractivity contribution in [3.63, 3.8) is 0 Å². The Morgan fingerprint density at radius 3 is 2.53 bits per heavy atom. The van der Waals surface area contributed by atoms with Crippen molar-refractivity contribution < 1.29 is 14.3 Å². The van der Waals surface area contributed by atoms with E-state index in [4.69, 9.17) is 21.1 Å². The second kappa shape index (κ2) is 4.04. The predicted octanol–water partition coefficient (Wildman–Crippen LogP) is 3.94. The van der Waals surface area contributed by atoms with Crippen molar-refractivity contribution in [2.24, 2.45) is 16.7 Å². The summed E-state index contributed by atoms with van der Waals surface area (Å²) in [6, 6.07) is 0. The number of rotatable bonds is 2. The van der Waals surface area contributed by atoms with E-state index in [2.05, 4.69) is 20.8 Å². The van der Waals surface area contributed by atoms with Crippen LogP contribution >= 0.6 is 11.6 Å². The second-order valence-corrected chi connectivity index (χ2v) is 6.94. The Morgan fingerprint density at radius 2 is 2.06 bits per heavy atom. The zero-order chi connectivity index (χ0) is 12.8. The van der Waals surface area contributed by atoms with Crippen molar-refractivity contribution in [3.05, 3.63) is 0 Å². The van der Waals surface area contributed by atoms with Crippen molar-refractivity contribution >= 4 is 17.8 Å². The van der Waals surface area contributed by atoms with Crippen molar-refractivity contribution in [1.29, 1.82) is 0 Å². The monoisotopic (exact) mass is 260 g/mol. The van der Waals surface area contributed by atoms with E-state index in [-0.39, 0.29) is 16.9 Å². The minimum Gasteiger partial charge on any atom is -0.430 e. The number of hydrogen-bond donors (Lipinski definition) is 0. The SMILES string of the molecule is CC(Cl)OC(=O)OC1C2(C)CCC(C2)C1(C)C. The first-order valence-electron chi connectivity index (χ1n) is 6.27. The van der Waals surface area contributed by atoms with Crippen LogP contribution in [-0.2, 0) is 9.47 Å². The molecule has 0 aromatic heterocycles. The van der Waals surface area contributed by atoms with Gasteiger partial charge in [0.05, 0.1) is 0 Å². The third kappa shape index (κ3) is 2.14. The topological polar surface area (TPSA) is 35.5 Å². The summed E-state index contributed by atoms with van der Waals surface area (Å²) in [5.41, 5.74) is -0.485. The number of carbonyl (C=O) groups is 1. The molecular formula is C13H21ClO3. The fraction of sp³-hybridized carbons (Fsp3) is 0.923. The number of carbonyl (C=O) groups excluding carboxylic acids is 1. The number of halogens is 1. The van der Waals surface area contributed by atoms with E-state index < -0.39 is 11.7 Å². The molecule has 2 aliphatic rings. The molecule has 2 saturated carbocycles. The Labute approximate surface area is 108 Å². The highest BCUT2D eigenvalue weighted by Crippen LogP contribution is 2.63. The van der Waals surface area contributed by atoms with Crippen LogP contribution in [0.4, 0.5) is 4.79 Å². The Kier molecular flexibility index (Phi) is 3.09. The highest BCUT2D eigenvalue weighted by Gasteiger charge is 2.61. The zero-order valence-electron chi connectivity index (χ0n) is 11.0. The van der Waals surface area contributed by atoms with Gasteiger partial charge in [-0.3, -0.25) is 0 Å². The molecule has 17 heavy (non-hydrogen) atoms. The molecule has 4 atom stereocenters. The lowest BCUT2D eigenvalue weighted by Crippen LogP contribution is -2.43. The van der Waals surface area contributed by atoms with E-state index in [0.29, 0.717) is 5.92 Å². The lowest BCUT2D eigenvalue weighted by atomic mass is 9.70. The maximum Gasteiger partial charge on any atom is 0.510 e. The largest absolute Gasteiger partial charge is 0.510 e. The molecule has 0 heterocycles. The van der Waals surface area contributed by atoms with Crippen LogP contribution in [0, 0.1) is 16.7 Å². The molecule has 0 aromatic rings. The molecule has 0 aromatic carbocycles. The third-order valence-electron chi connectivity index (χ3n) is 4.61. The second-order valence-electron chi connectivity index (χ2n) is 6.32. The fourth-order valence-corrected chi connectivity index (χ4v) is 3.88. The smallest absolute Gasteiger partial charge is 0.430 e. The molecule has 2 aliphatic carbocycles. The molecule has 0 radical (unpaired) electrons. The van der Waals surface area contributed by atoms with Crippen molar-refractivity contribution in [2.45, 2.75) is 58.6 Å². The van der Waals surface area contributed by atoms with Gasteiger partial charge in [0, 0.05) is 10.8 Å². The van der Waals surface area contributed by atoms with Crippen molar-refractivity contribution in [1.82, 2.24) is 0 Å². The van der Waals surface area contributed by atoms with Crippen molar-refractivity contribution in [3.8, 4) is 0 Å². The van der Waals surface area contributed by atoms with Gasteiger partial charge >= 0.3 is 6.16 Å². The highest BCUT2D eigenvalue weighted by molar-refractivity contribution is 6.19. The number of alkyl halides is 1. The fourth-order valence-electron chi connectivity index (χ4n) is 3.81. The average molecular weight is 261 g/mol. The van der Waals surface area contributed by atoms with Gasteiger partial charge in [-0.25, -0.2) is 4.79 Å². The first kappa shape index (κ1) is 13.0. The van der Waals surface area contributed by atoms with Crippen LogP contribution in [-0.4, -0.2) is 17.8 Å². The highest BCUT2D eigenvalue weighted by atomic mass is 35.5. The summed E-state index contributed by atoms with van der Waals surface area (Å²) < 4.78 is 10.4. The summed E-state index contributed by atoms with van der Waals surface area (Å²) >= 11 is 5.62. The van der Waals surface area contributed by atoms with E-state index >= 15 is 0 Å². The summed E-state index contributed by atoms with van der Waals surface area (Å²) in [5.74, 6) is 0.652. The van der Waals surface area contributed by atoms with Crippen LogP contribution in [0.5, 0.6) is 0 Å². The lowest BCUT2D eigenvalue weighted by molar-refractivity contribution is -0.0746.